The van der Waals surface area contributed by atoms with Crippen molar-refractivity contribution in [2.75, 3.05) is 5.32 Å². The Morgan fingerprint density at radius 1 is 1.40 bits per heavy atom. The first-order valence-corrected chi connectivity index (χ1v) is 4.02. The standard InChI is InChI=1S/C7H8F3N3O2/c1-3(2)4(14)11-6-13-12-5(15-6)7(8,9)10/h3H,1-2H3,(H,11,13,14). The lowest BCUT2D eigenvalue weighted by Crippen LogP contribution is -2.17. The van der Waals surface area contributed by atoms with E-state index in [2.05, 4.69) is 19.9 Å². The van der Waals surface area contributed by atoms with E-state index < -0.39 is 24.0 Å². The van der Waals surface area contributed by atoms with Crippen LogP contribution in [0, 0.1) is 5.92 Å². The molecule has 0 aliphatic rings. The van der Waals surface area contributed by atoms with Gasteiger partial charge in [0.2, 0.25) is 5.91 Å². The number of alkyl halides is 3. The van der Waals surface area contributed by atoms with E-state index in [4.69, 9.17) is 0 Å². The summed E-state index contributed by atoms with van der Waals surface area (Å²) in [5.41, 5.74) is 0. The second kappa shape index (κ2) is 3.87. The van der Waals surface area contributed by atoms with E-state index in [0.29, 0.717) is 0 Å². The summed E-state index contributed by atoms with van der Waals surface area (Å²) < 4.78 is 40.2. The van der Waals surface area contributed by atoms with Crippen LogP contribution in [0.4, 0.5) is 19.2 Å². The van der Waals surface area contributed by atoms with Gasteiger partial charge in [0, 0.05) is 5.92 Å². The Bertz CT molecular complexity index is 359. The second-order valence-corrected chi connectivity index (χ2v) is 3.05. The molecule has 1 aromatic heterocycles. The molecule has 84 valence electrons. The van der Waals surface area contributed by atoms with Gasteiger partial charge in [-0.25, -0.2) is 0 Å². The van der Waals surface area contributed by atoms with E-state index in [1.807, 2.05) is 0 Å². The van der Waals surface area contributed by atoms with Crippen molar-refractivity contribution in [3.63, 3.8) is 0 Å². The third kappa shape index (κ3) is 2.93. The van der Waals surface area contributed by atoms with Gasteiger partial charge in [-0.2, -0.15) is 13.2 Å². The molecule has 0 unspecified atom stereocenters. The zero-order chi connectivity index (χ0) is 11.6. The molecule has 1 heterocycles. The largest absolute Gasteiger partial charge is 0.470 e. The molecule has 0 saturated carbocycles. The molecule has 15 heavy (non-hydrogen) atoms. The summed E-state index contributed by atoms with van der Waals surface area (Å²) in [6, 6.07) is -0.555. The molecule has 1 rings (SSSR count). The van der Waals surface area contributed by atoms with Crippen molar-refractivity contribution in [1.82, 2.24) is 10.2 Å². The van der Waals surface area contributed by atoms with Crippen LogP contribution in [0.2, 0.25) is 0 Å². The van der Waals surface area contributed by atoms with Gasteiger partial charge in [-0.1, -0.05) is 18.9 Å². The first-order valence-electron chi connectivity index (χ1n) is 4.02. The molecule has 0 aromatic carbocycles. The van der Waals surface area contributed by atoms with Crippen LogP contribution < -0.4 is 5.32 Å². The molecule has 0 atom stereocenters. The van der Waals surface area contributed by atoms with E-state index in [9.17, 15) is 18.0 Å². The van der Waals surface area contributed by atoms with Gasteiger partial charge >= 0.3 is 18.1 Å². The lowest BCUT2D eigenvalue weighted by molar-refractivity contribution is -0.157. The summed E-state index contributed by atoms with van der Waals surface area (Å²) >= 11 is 0. The molecule has 5 nitrogen and oxygen atoms in total. The normalized spacial score (nSPS) is 11.9. The number of amides is 1. The van der Waals surface area contributed by atoms with Crippen LogP contribution in [0.3, 0.4) is 0 Å². The average molecular weight is 223 g/mol. The Hall–Kier alpha value is -1.60. The van der Waals surface area contributed by atoms with Crippen LogP contribution in [0.25, 0.3) is 0 Å². The Labute approximate surface area is 82.7 Å². The highest BCUT2D eigenvalue weighted by Crippen LogP contribution is 2.28. The van der Waals surface area contributed by atoms with Crippen LogP contribution in [0.1, 0.15) is 19.7 Å². The molecule has 0 aliphatic carbocycles. The maximum Gasteiger partial charge on any atom is 0.470 e. The topological polar surface area (TPSA) is 68.0 Å². The fourth-order valence-electron chi connectivity index (χ4n) is 0.638. The monoisotopic (exact) mass is 223 g/mol. The first-order chi connectivity index (χ1) is 6.80. The Kier molecular flexibility index (Phi) is 2.96. The van der Waals surface area contributed by atoms with Gasteiger partial charge in [-0.05, 0) is 0 Å². The van der Waals surface area contributed by atoms with E-state index >= 15 is 0 Å². The Morgan fingerprint density at radius 2 is 2.00 bits per heavy atom. The lowest BCUT2D eigenvalue weighted by Gasteiger charge is -2.02. The zero-order valence-corrected chi connectivity index (χ0v) is 7.92. The van der Waals surface area contributed by atoms with E-state index in [1.165, 1.54) is 0 Å². The van der Waals surface area contributed by atoms with Crippen LogP contribution in [0.15, 0.2) is 4.42 Å². The molecule has 0 fully saturated rings. The molecular weight excluding hydrogens is 215 g/mol. The van der Waals surface area contributed by atoms with Gasteiger partial charge in [0.05, 0.1) is 0 Å². The van der Waals surface area contributed by atoms with E-state index in [1.54, 1.807) is 13.8 Å². The van der Waals surface area contributed by atoms with Gasteiger partial charge in [0.1, 0.15) is 0 Å². The summed E-state index contributed by atoms with van der Waals surface area (Å²) in [5.74, 6) is -2.36. The Morgan fingerprint density at radius 3 is 2.40 bits per heavy atom. The number of halogens is 3. The molecule has 1 aromatic rings. The van der Waals surface area contributed by atoms with Gasteiger partial charge < -0.3 is 4.42 Å². The minimum absolute atomic E-state index is 0.383. The summed E-state index contributed by atoms with van der Waals surface area (Å²) in [7, 11) is 0. The number of aromatic nitrogens is 2. The van der Waals surface area contributed by atoms with Gasteiger partial charge in [0.25, 0.3) is 0 Å². The van der Waals surface area contributed by atoms with Crippen LogP contribution in [-0.4, -0.2) is 16.1 Å². The van der Waals surface area contributed by atoms with Crippen molar-refractivity contribution in [1.29, 1.82) is 0 Å². The van der Waals surface area contributed by atoms with Crippen molar-refractivity contribution < 1.29 is 22.4 Å². The number of hydrogen-bond donors (Lipinski definition) is 1. The molecule has 0 aliphatic heterocycles. The number of nitrogens with one attached hydrogen (secondary N) is 1. The molecule has 0 bridgehead atoms. The average Bonchev–Trinajstić information content (AvgIpc) is 2.51. The van der Waals surface area contributed by atoms with E-state index in [0.717, 1.165) is 0 Å². The van der Waals surface area contributed by atoms with Crippen molar-refractivity contribution in [2.45, 2.75) is 20.0 Å². The second-order valence-electron chi connectivity index (χ2n) is 3.05. The predicted octanol–water partition coefficient (Wildman–Crippen LogP) is 1.68. The number of hydrogen-bond acceptors (Lipinski definition) is 4. The minimum atomic E-state index is -4.70. The first kappa shape index (κ1) is 11.5. The number of carbonyl (C=O) groups is 1. The highest BCUT2D eigenvalue weighted by atomic mass is 19.4. The number of anilines is 1. The van der Waals surface area contributed by atoms with Gasteiger partial charge in [-0.3, -0.25) is 10.1 Å². The highest BCUT2D eigenvalue weighted by molar-refractivity contribution is 5.89. The third-order valence-corrected chi connectivity index (χ3v) is 1.42. The van der Waals surface area contributed by atoms with Crippen molar-refractivity contribution in [3.05, 3.63) is 5.89 Å². The van der Waals surface area contributed by atoms with Crippen LogP contribution >= 0.6 is 0 Å². The number of rotatable bonds is 2. The molecular formula is C7H8F3N3O2. The maximum absolute atomic E-state index is 12.0. The van der Waals surface area contributed by atoms with Crippen molar-refractivity contribution >= 4 is 11.9 Å². The molecule has 0 saturated heterocycles. The SMILES string of the molecule is CC(C)C(=O)Nc1nnc(C(F)(F)F)o1. The smallest absolute Gasteiger partial charge is 0.399 e. The predicted molar refractivity (Wildman–Crippen MR) is 42.8 cm³/mol. The lowest BCUT2D eigenvalue weighted by atomic mass is 10.2. The highest BCUT2D eigenvalue weighted by Gasteiger charge is 2.38. The molecule has 0 spiro atoms. The number of nitrogens with zero attached hydrogens (tertiary/aromatic N) is 2. The minimum Gasteiger partial charge on any atom is -0.399 e. The fraction of sp³-hybridized carbons (Fsp3) is 0.571. The van der Waals surface area contributed by atoms with Gasteiger partial charge in [-0.15, -0.1) is 5.10 Å². The maximum atomic E-state index is 12.0. The summed E-state index contributed by atoms with van der Waals surface area (Å²) in [6.45, 7) is 3.16. The molecule has 8 heteroatoms. The van der Waals surface area contributed by atoms with E-state index in [-0.39, 0.29) is 5.92 Å². The molecule has 0 radical (unpaired) electrons. The molecule has 1 N–H and O–H groups in total. The van der Waals surface area contributed by atoms with Crippen molar-refractivity contribution in [3.8, 4) is 0 Å². The molecule has 1 amide bonds. The summed E-state index contributed by atoms with van der Waals surface area (Å²) in [6.07, 6.45) is -4.70. The van der Waals surface area contributed by atoms with Crippen molar-refractivity contribution in [2.24, 2.45) is 5.92 Å². The van der Waals surface area contributed by atoms with Crippen LogP contribution in [0.5, 0.6) is 0 Å². The number of carbonyl (C=O) groups excluding carboxylic acids is 1. The zero-order valence-electron chi connectivity index (χ0n) is 7.92. The summed E-state index contributed by atoms with van der Waals surface area (Å²) in [5, 5.41) is 7.83. The third-order valence-electron chi connectivity index (χ3n) is 1.42. The quantitative estimate of drug-likeness (QED) is 0.828. The Balaban J connectivity index is 2.73. The van der Waals surface area contributed by atoms with Gasteiger partial charge in [0.15, 0.2) is 0 Å². The summed E-state index contributed by atoms with van der Waals surface area (Å²) in [4.78, 5) is 11.1. The van der Waals surface area contributed by atoms with Crippen LogP contribution in [-0.2, 0) is 11.0 Å². The fourth-order valence-corrected chi connectivity index (χ4v) is 0.638.